The molecule has 0 bridgehead atoms. The van der Waals surface area contributed by atoms with E-state index in [-0.39, 0.29) is 30.9 Å². The summed E-state index contributed by atoms with van der Waals surface area (Å²) in [5.74, 6) is 0. The van der Waals surface area contributed by atoms with Crippen LogP contribution in [0.2, 0.25) is 0 Å². The molecule has 55 heavy (non-hydrogen) atoms. The maximum Gasteiger partial charge on any atom is 0.147 e. The Labute approximate surface area is 339 Å². The molecule has 5 heteroatoms. The van der Waals surface area contributed by atoms with Gasteiger partial charge in [-0.05, 0) is 72.2 Å². The average molecular weight is 900 g/mol. The smallest absolute Gasteiger partial charge is 0.147 e. The predicted molar refractivity (Wildman–Crippen MR) is 226 cm³/mol. The summed E-state index contributed by atoms with van der Waals surface area (Å²) in [6, 6.07) is 40.4. The van der Waals surface area contributed by atoms with Gasteiger partial charge in [-0.25, -0.2) is 4.98 Å². The molecular weight excluding hydrogens is 851 g/mol. The van der Waals surface area contributed by atoms with Gasteiger partial charge in [0.1, 0.15) is 11.1 Å². The number of pyridine rings is 3. The molecule has 0 aliphatic rings. The van der Waals surface area contributed by atoms with Crippen LogP contribution in [-0.4, -0.2) is 15.0 Å². The normalized spacial score (nSPS) is 11.7. The molecule has 0 atom stereocenters. The number of furan rings is 1. The summed E-state index contributed by atoms with van der Waals surface area (Å²) in [6.45, 7) is 19.8. The van der Waals surface area contributed by atoms with Crippen LogP contribution >= 0.6 is 0 Å². The van der Waals surface area contributed by atoms with E-state index in [4.69, 9.17) is 9.40 Å². The third-order valence-electron chi connectivity index (χ3n) is 9.73. The fourth-order valence-corrected chi connectivity index (χ4v) is 7.00. The zero-order chi connectivity index (χ0) is 38.2. The Bertz CT molecular complexity index is 2610. The zero-order valence-electron chi connectivity index (χ0n) is 33.4. The van der Waals surface area contributed by atoms with E-state index in [0.29, 0.717) is 0 Å². The minimum atomic E-state index is 0. The van der Waals surface area contributed by atoms with Gasteiger partial charge < -0.3 is 14.4 Å². The Morgan fingerprint density at radius 3 is 2.11 bits per heavy atom. The number of hydrogen-bond acceptors (Lipinski definition) is 4. The third-order valence-corrected chi connectivity index (χ3v) is 9.73. The van der Waals surface area contributed by atoms with Gasteiger partial charge in [0.2, 0.25) is 0 Å². The molecule has 0 aliphatic carbocycles. The van der Waals surface area contributed by atoms with Crippen LogP contribution in [-0.2, 0) is 32.9 Å². The van der Waals surface area contributed by atoms with Crippen molar-refractivity contribution in [3.63, 3.8) is 0 Å². The molecule has 4 aromatic heterocycles. The molecule has 0 N–H and O–H groups in total. The molecule has 0 unspecified atom stereocenters. The molecule has 8 aromatic rings. The number of benzene rings is 4. The van der Waals surface area contributed by atoms with E-state index in [1.54, 1.807) is 0 Å². The van der Waals surface area contributed by atoms with Gasteiger partial charge in [0.25, 0.3) is 0 Å². The van der Waals surface area contributed by atoms with Crippen molar-refractivity contribution in [3.8, 4) is 33.6 Å². The Morgan fingerprint density at radius 1 is 0.655 bits per heavy atom. The molecule has 0 saturated carbocycles. The van der Waals surface area contributed by atoms with E-state index in [9.17, 15) is 0 Å². The van der Waals surface area contributed by atoms with Crippen molar-refractivity contribution in [1.29, 1.82) is 0 Å². The number of aromatic nitrogens is 3. The van der Waals surface area contributed by atoms with Gasteiger partial charge in [-0.3, -0.25) is 0 Å². The van der Waals surface area contributed by atoms with Crippen molar-refractivity contribution in [2.75, 3.05) is 0 Å². The van der Waals surface area contributed by atoms with E-state index >= 15 is 0 Å². The van der Waals surface area contributed by atoms with Crippen molar-refractivity contribution < 1.29 is 24.5 Å². The van der Waals surface area contributed by atoms with E-state index in [1.807, 2.05) is 24.5 Å². The van der Waals surface area contributed by atoms with Crippen LogP contribution in [0.4, 0.5) is 0 Å². The number of aryl methyl sites for hydroxylation is 3. The maximum absolute atomic E-state index is 6.54. The summed E-state index contributed by atoms with van der Waals surface area (Å²) in [5.41, 5.74) is 15.3. The van der Waals surface area contributed by atoms with Crippen LogP contribution in [0.15, 0.2) is 114 Å². The Kier molecular flexibility index (Phi) is 11.6. The standard InChI is InChI=1S/C30H31N2O.C20H18N.Ir/c1-29(2,3)17-19-14-15-31-25(16-19)24-9-7-8-22-23-13-11-20-10-12-21(18-30(4,5)6)32-26(20)28(23)33-27(22)24;1-14-9-10-18(20-11-15(2)16(3)13-21-20)12-19(14)17-7-5-4-6-8-17;/h7-8,10-16H,17-18H2,1-6H3;4-9,11-13H,1-3H3;/q2*-1;. The van der Waals surface area contributed by atoms with Crippen molar-refractivity contribution in [2.24, 2.45) is 10.8 Å². The minimum Gasteiger partial charge on any atom is -0.498 e. The molecule has 4 nitrogen and oxygen atoms in total. The summed E-state index contributed by atoms with van der Waals surface area (Å²) in [4.78, 5) is 14.2. The molecule has 0 fully saturated rings. The van der Waals surface area contributed by atoms with Crippen molar-refractivity contribution in [1.82, 2.24) is 15.0 Å². The molecule has 0 spiro atoms. The first-order valence-electron chi connectivity index (χ1n) is 18.8. The average Bonchev–Trinajstić information content (AvgIpc) is 3.52. The summed E-state index contributed by atoms with van der Waals surface area (Å²) < 4.78 is 6.54. The maximum atomic E-state index is 6.54. The topological polar surface area (TPSA) is 51.8 Å². The predicted octanol–water partition coefficient (Wildman–Crippen LogP) is 13.3. The van der Waals surface area contributed by atoms with Crippen molar-refractivity contribution >= 4 is 32.8 Å². The number of hydrogen-bond donors (Lipinski definition) is 0. The Hall–Kier alpha value is -4.96. The van der Waals surface area contributed by atoms with Gasteiger partial charge in [-0.15, -0.1) is 47.5 Å². The van der Waals surface area contributed by atoms with Gasteiger partial charge in [0, 0.05) is 49.0 Å². The van der Waals surface area contributed by atoms with Crippen LogP contribution in [0, 0.1) is 43.7 Å². The van der Waals surface area contributed by atoms with Crippen LogP contribution < -0.4 is 0 Å². The van der Waals surface area contributed by atoms with Gasteiger partial charge in [0.15, 0.2) is 0 Å². The van der Waals surface area contributed by atoms with Crippen molar-refractivity contribution in [3.05, 3.63) is 150 Å². The van der Waals surface area contributed by atoms with E-state index in [0.717, 1.165) is 73.9 Å². The van der Waals surface area contributed by atoms with Gasteiger partial charge in [0.05, 0.1) is 5.58 Å². The summed E-state index contributed by atoms with van der Waals surface area (Å²) >= 11 is 0. The molecule has 0 aliphatic heterocycles. The summed E-state index contributed by atoms with van der Waals surface area (Å²) in [5, 5.41) is 3.25. The number of fused-ring (bicyclic) bond motifs is 5. The van der Waals surface area contributed by atoms with Crippen molar-refractivity contribution in [2.45, 2.75) is 75.2 Å². The Balaban J connectivity index is 0.000000202. The molecule has 4 aromatic carbocycles. The van der Waals surface area contributed by atoms with Gasteiger partial charge in [-0.2, -0.15) is 0 Å². The van der Waals surface area contributed by atoms with Gasteiger partial charge in [-0.1, -0.05) is 137 Å². The van der Waals surface area contributed by atoms with Crippen LogP contribution in [0.1, 0.15) is 69.5 Å². The second-order valence-electron chi connectivity index (χ2n) is 17.0. The molecule has 8 rings (SSSR count). The van der Waals surface area contributed by atoms with Crippen LogP contribution in [0.5, 0.6) is 0 Å². The third kappa shape index (κ3) is 9.13. The first kappa shape index (κ1) is 39.7. The largest absolute Gasteiger partial charge is 0.498 e. The molecular formula is C50H49IrN3O-2. The first-order chi connectivity index (χ1) is 25.7. The molecule has 281 valence electrons. The molecule has 0 saturated heterocycles. The number of nitrogens with zero attached hydrogens (tertiary/aromatic N) is 3. The van der Waals surface area contributed by atoms with E-state index in [1.165, 1.54) is 33.4 Å². The monoisotopic (exact) mass is 900 g/mol. The second-order valence-corrected chi connectivity index (χ2v) is 17.0. The van der Waals surface area contributed by atoms with Crippen LogP contribution in [0.25, 0.3) is 66.5 Å². The fourth-order valence-electron chi connectivity index (χ4n) is 7.00. The van der Waals surface area contributed by atoms with E-state index in [2.05, 4.69) is 169 Å². The van der Waals surface area contributed by atoms with Gasteiger partial charge >= 0.3 is 0 Å². The summed E-state index contributed by atoms with van der Waals surface area (Å²) in [7, 11) is 0. The number of rotatable bonds is 5. The van der Waals surface area contributed by atoms with Crippen LogP contribution in [0.3, 0.4) is 0 Å². The molecule has 0 amide bonds. The zero-order valence-corrected chi connectivity index (χ0v) is 35.8. The van der Waals surface area contributed by atoms with E-state index < -0.39 is 0 Å². The first-order valence-corrected chi connectivity index (χ1v) is 18.8. The SMILES string of the molecule is CC(C)(C)Cc1ccnc(-c2[c-]ccc3c2oc2c3ccc3ccc(CC(C)(C)C)nc32)c1.Cc1cnc(-c2[c-]cc(C)c(-c3ccccc3)c2)cc1C.[Ir]. The second kappa shape index (κ2) is 16.0. The molecule has 4 heterocycles. The quantitative estimate of drug-likeness (QED) is 0.162. The fraction of sp³-hybridized carbons (Fsp3) is 0.260. The Morgan fingerprint density at radius 2 is 1.38 bits per heavy atom. The molecule has 1 radical (unpaired) electrons. The minimum absolute atomic E-state index is 0. The summed E-state index contributed by atoms with van der Waals surface area (Å²) in [6.07, 6.45) is 5.73.